The van der Waals surface area contributed by atoms with E-state index < -0.39 is 0 Å². The predicted molar refractivity (Wildman–Crippen MR) is 79.2 cm³/mol. The summed E-state index contributed by atoms with van der Waals surface area (Å²) < 4.78 is 5.80. The van der Waals surface area contributed by atoms with E-state index in [2.05, 4.69) is 4.98 Å². The maximum absolute atomic E-state index is 9.04. The van der Waals surface area contributed by atoms with E-state index in [0.29, 0.717) is 22.2 Å². The summed E-state index contributed by atoms with van der Waals surface area (Å²) in [5, 5.41) is 11.5. The van der Waals surface area contributed by atoms with E-state index in [9.17, 15) is 0 Å². The molecular weight excluding hydrogens is 274 g/mol. The number of pyridine rings is 1. The smallest absolute Gasteiger partial charge is 0.238 e. The molecule has 0 spiro atoms. The van der Waals surface area contributed by atoms with Crippen molar-refractivity contribution in [2.24, 2.45) is 0 Å². The van der Waals surface area contributed by atoms with Crippen molar-refractivity contribution in [2.45, 2.75) is 6.61 Å². The van der Waals surface area contributed by atoms with Crippen molar-refractivity contribution < 1.29 is 9.84 Å². The van der Waals surface area contributed by atoms with E-state index in [0.717, 1.165) is 10.8 Å². The number of aromatic nitrogens is 1. The summed E-state index contributed by atoms with van der Waals surface area (Å²) in [6, 6.07) is 15.4. The van der Waals surface area contributed by atoms with Crippen LogP contribution in [-0.2, 0) is 6.61 Å². The summed E-state index contributed by atoms with van der Waals surface area (Å²) in [5.41, 5.74) is 0.653. The fraction of sp³-hybridized carbons (Fsp3) is 0.0625. The Balaban J connectivity index is 2.01. The topological polar surface area (TPSA) is 42.4 Å². The summed E-state index contributed by atoms with van der Waals surface area (Å²) in [4.78, 5) is 4.14. The minimum absolute atomic E-state index is 0.0960. The van der Waals surface area contributed by atoms with Gasteiger partial charge in [0.25, 0.3) is 0 Å². The van der Waals surface area contributed by atoms with Crippen molar-refractivity contribution >= 4 is 22.4 Å². The molecule has 1 heterocycles. The Hall–Kier alpha value is -2.10. The molecule has 1 N–H and O–H groups in total. The van der Waals surface area contributed by atoms with Gasteiger partial charge in [0.1, 0.15) is 10.8 Å². The minimum Gasteiger partial charge on any atom is -0.437 e. The summed E-state index contributed by atoms with van der Waals surface area (Å²) in [5.74, 6) is 1.04. The van der Waals surface area contributed by atoms with Gasteiger partial charge in [-0.2, -0.15) is 0 Å². The highest BCUT2D eigenvalue weighted by Gasteiger charge is 2.08. The SMILES string of the molecule is OCc1cnc(Oc2cccc3ccccc23)c(Cl)c1. The molecule has 0 saturated heterocycles. The first-order valence-corrected chi connectivity index (χ1v) is 6.56. The van der Waals surface area contributed by atoms with E-state index >= 15 is 0 Å². The van der Waals surface area contributed by atoms with Crippen LogP contribution >= 0.6 is 11.6 Å². The third kappa shape index (κ3) is 2.46. The average Bonchev–Trinajstić information content (AvgIpc) is 2.49. The molecule has 0 bridgehead atoms. The quantitative estimate of drug-likeness (QED) is 0.785. The Bertz CT molecular complexity index is 753. The number of hydrogen-bond donors (Lipinski definition) is 1. The number of hydrogen-bond acceptors (Lipinski definition) is 3. The molecule has 1 aromatic heterocycles. The maximum Gasteiger partial charge on any atom is 0.238 e. The molecule has 4 heteroatoms. The van der Waals surface area contributed by atoms with Gasteiger partial charge >= 0.3 is 0 Å². The van der Waals surface area contributed by atoms with E-state index in [-0.39, 0.29) is 6.61 Å². The van der Waals surface area contributed by atoms with Gasteiger partial charge in [-0.25, -0.2) is 4.98 Å². The monoisotopic (exact) mass is 285 g/mol. The van der Waals surface area contributed by atoms with E-state index in [1.54, 1.807) is 12.3 Å². The first kappa shape index (κ1) is 12.9. The first-order valence-electron chi connectivity index (χ1n) is 6.19. The zero-order chi connectivity index (χ0) is 13.9. The van der Waals surface area contributed by atoms with Crippen LogP contribution in [0.4, 0.5) is 0 Å². The summed E-state index contributed by atoms with van der Waals surface area (Å²) in [6.07, 6.45) is 1.55. The molecule has 0 saturated carbocycles. The van der Waals surface area contributed by atoms with Gasteiger partial charge in [-0.3, -0.25) is 0 Å². The van der Waals surface area contributed by atoms with E-state index in [4.69, 9.17) is 21.4 Å². The Kier molecular flexibility index (Phi) is 3.54. The Morgan fingerprint density at radius 2 is 1.90 bits per heavy atom. The first-order chi connectivity index (χ1) is 9.78. The molecule has 0 atom stereocenters. The fourth-order valence-electron chi connectivity index (χ4n) is 2.02. The molecular formula is C16H12ClNO2. The third-order valence-electron chi connectivity index (χ3n) is 3.00. The number of benzene rings is 2. The molecule has 0 radical (unpaired) electrons. The predicted octanol–water partition coefficient (Wildman–Crippen LogP) is 4.17. The van der Waals surface area contributed by atoms with Crippen molar-refractivity contribution in [3.63, 3.8) is 0 Å². The van der Waals surface area contributed by atoms with E-state index in [1.807, 2.05) is 42.5 Å². The molecule has 20 heavy (non-hydrogen) atoms. The lowest BCUT2D eigenvalue weighted by atomic mass is 10.1. The van der Waals surface area contributed by atoms with Gasteiger partial charge in [0.15, 0.2) is 0 Å². The van der Waals surface area contributed by atoms with E-state index in [1.165, 1.54) is 0 Å². The molecule has 0 fully saturated rings. The van der Waals surface area contributed by atoms with Crippen molar-refractivity contribution in [3.05, 3.63) is 65.3 Å². The average molecular weight is 286 g/mol. The second kappa shape index (κ2) is 5.49. The standard InChI is InChI=1S/C16H12ClNO2/c17-14-8-11(10-19)9-18-16(14)20-15-7-3-5-12-4-1-2-6-13(12)15/h1-9,19H,10H2. The molecule has 0 aliphatic heterocycles. The molecule has 2 aromatic carbocycles. The normalized spacial score (nSPS) is 10.7. The summed E-state index contributed by atoms with van der Waals surface area (Å²) in [6.45, 7) is -0.0960. The van der Waals surface area contributed by atoms with Crippen LogP contribution in [0.1, 0.15) is 5.56 Å². The number of aliphatic hydroxyl groups excluding tert-OH is 1. The Morgan fingerprint density at radius 1 is 1.10 bits per heavy atom. The lowest BCUT2D eigenvalue weighted by Gasteiger charge is -2.09. The zero-order valence-electron chi connectivity index (χ0n) is 10.6. The van der Waals surface area contributed by atoms with Crippen LogP contribution in [0.2, 0.25) is 5.02 Å². The Labute approximate surface area is 121 Å². The van der Waals surface area contributed by atoms with Crippen LogP contribution < -0.4 is 4.74 Å². The highest BCUT2D eigenvalue weighted by atomic mass is 35.5. The van der Waals surface area contributed by atoms with Crippen LogP contribution in [0.3, 0.4) is 0 Å². The van der Waals surface area contributed by atoms with Gasteiger partial charge in [-0.15, -0.1) is 0 Å². The number of fused-ring (bicyclic) bond motifs is 1. The highest BCUT2D eigenvalue weighted by molar-refractivity contribution is 6.31. The maximum atomic E-state index is 9.04. The zero-order valence-corrected chi connectivity index (χ0v) is 11.3. The number of aliphatic hydroxyl groups is 1. The lowest BCUT2D eigenvalue weighted by molar-refractivity contribution is 0.281. The molecule has 0 aliphatic carbocycles. The van der Waals surface area contributed by atoms with Crippen LogP contribution in [0.15, 0.2) is 54.7 Å². The van der Waals surface area contributed by atoms with Crippen molar-refractivity contribution in [3.8, 4) is 11.6 Å². The Morgan fingerprint density at radius 3 is 2.70 bits per heavy atom. The summed E-state index contributed by atoms with van der Waals surface area (Å²) >= 11 is 6.11. The minimum atomic E-state index is -0.0960. The van der Waals surface area contributed by atoms with Crippen LogP contribution in [0, 0.1) is 0 Å². The molecule has 100 valence electrons. The van der Waals surface area contributed by atoms with Gasteiger partial charge in [0.2, 0.25) is 5.88 Å². The molecule has 0 amide bonds. The third-order valence-corrected chi connectivity index (χ3v) is 3.27. The van der Waals surface area contributed by atoms with Crippen molar-refractivity contribution in [2.75, 3.05) is 0 Å². The van der Waals surface area contributed by atoms with Gasteiger partial charge in [-0.05, 0) is 23.1 Å². The van der Waals surface area contributed by atoms with Crippen LogP contribution in [-0.4, -0.2) is 10.1 Å². The number of rotatable bonds is 3. The van der Waals surface area contributed by atoms with Gasteiger partial charge in [0.05, 0.1) is 6.61 Å². The second-order valence-electron chi connectivity index (χ2n) is 4.37. The van der Waals surface area contributed by atoms with Gasteiger partial charge < -0.3 is 9.84 Å². The largest absolute Gasteiger partial charge is 0.437 e. The van der Waals surface area contributed by atoms with Crippen molar-refractivity contribution in [1.82, 2.24) is 4.98 Å². The molecule has 3 nitrogen and oxygen atoms in total. The molecule has 0 unspecified atom stereocenters. The number of nitrogens with zero attached hydrogens (tertiary/aromatic N) is 1. The van der Waals surface area contributed by atoms with Gasteiger partial charge in [0, 0.05) is 11.6 Å². The second-order valence-corrected chi connectivity index (χ2v) is 4.78. The molecule has 3 rings (SSSR count). The van der Waals surface area contributed by atoms with Gasteiger partial charge in [-0.1, -0.05) is 48.0 Å². The highest BCUT2D eigenvalue weighted by Crippen LogP contribution is 2.32. The number of halogens is 1. The van der Waals surface area contributed by atoms with Crippen LogP contribution in [0.25, 0.3) is 10.8 Å². The molecule has 0 aliphatic rings. The summed E-state index contributed by atoms with van der Waals surface area (Å²) in [7, 11) is 0. The molecule has 3 aromatic rings. The number of ether oxygens (including phenoxy) is 1. The fourth-order valence-corrected chi connectivity index (χ4v) is 2.24. The lowest BCUT2D eigenvalue weighted by Crippen LogP contribution is -1.92. The van der Waals surface area contributed by atoms with Crippen molar-refractivity contribution in [1.29, 1.82) is 0 Å². The van der Waals surface area contributed by atoms with Crippen LogP contribution in [0.5, 0.6) is 11.6 Å².